The lowest BCUT2D eigenvalue weighted by molar-refractivity contribution is 0.562. The van der Waals surface area contributed by atoms with Crippen molar-refractivity contribution in [3.05, 3.63) is 36.9 Å². The zero-order chi connectivity index (χ0) is 14.9. The van der Waals surface area contributed by atoms with Gasteiger partial charge in [0.15, 0.2) is 0 Å². The largest absolute Gasteiger partial charge is 0.312 e. The van der Waals surface area contributed by atoms with Crippen molar-refractivity contribution in [1.82, 2.24) is 10.3 Å². The van der Waals surface area contributed by atoms with E-state index < -0.39 is 0 Å². The van der Waals surface area contributed by atoms with E-state index in [0.29, 0.717) is 0 Å². The van der Waals surface area contributed by atoms with Gasteiger partial charge in [-0.05, 0) is 24.9 Å². The molecule has 0 radical (unpaired) electrons. The molecule has 1 unspecified atom stereocenters. The zero-order valence-electron chi connectivity index (χ0n) is 12.6. The Bertz CT molecular complexity index is 581. The predicted octanol–water partition coefficient (Wildman–Crippen LogP) is 4.97. The van der Waals surface area contributed by atoms with Gasteiger partial charge in [-0.2, -0.15) is 0 Å². The van der Waals surface area contributed by atoms with Crippen LogP contribution < -0.4 is 5.32 Å². The fourth-order valence-corrected chi connectivity index (χ4v) is 4.44. The van der Waals surface area contributed by atoms with Crippen LogP contribution in [0.2, 0.25) is 5.02 Å². The topological polar surface area (TPSA) is 24.9 Å². The van der Waals surface area contributed by atoms with E-state index in [-0.39, 0.29) is 11.5 Å². The first-order valence-corrected chi connectivity index (χ1v) is 8.82. The lowest BCUT2D eigenvalue weighted by Gasteiger charge is -2.15. The number of hydrogen-bond donors (Lipinski definition) is 1. The molecule has 1 N–H and O–H groups in total. The SMILES string of the molecule is CNC(Cc1nc(C(C)(C)C)cs1)c1scc(C)c1Cl. The molecule has 0 aromatic carbocycles. The molecule has 0 aliphatic carbocycles. The molecular formula is C15H21ClN2S2. The molecule has 110 valence electrons. The molecule has 0 fully saturated rings. The van der Waals surface area contributed by atoms with Crippen molar-refractivity contribution in [2.75, 3.05) is 7.05 Å². The van der Waals surface area contributed by atoms with Gasteiger partial charge in [-0.1, -0.05) is 32.4 Å². The number of hydrogen-bond acceptors (Lipinski definition) is 4. The lowest BCUT2D eigenvalue weighted by atomic mass is 9.93. The summed E-state index contributed by atoms with van der Waals surface area (Å²) in [5, 5.41) is 9.70. The van der Waals surface area contributed by atoms with E-state index in [1.807, 2.05) is 7.05 Å². The second kappa shape index (κ2) is 6.14. The summed E-state index contributed by atoms with van der Waals surface area (Å²) >= 11 is 9.84. The number of likely N-dealkylation sites (N-methyl/N-ethyl adjacent to an activating group) is 1. The normalized spacial score (nSPS) is 13.7. The monoisotopic (exact) mass is 328 g/mol. The van der Waals surface area contributed by atoms with Gasteiger partial charge < -0.3 is 5.32 Å². The second-order valence-corrected chi connectivity index (χ2v) is 8.25. The Balaban J connectivity index is 2.19. The molecule has 2 rings (SSSR count). The molecule has 0 amide bonds. The molecule has 0 aliphatic rings. The predicted molar refractivity (Wildman–Crippen MR) is 90.4 cm³/mol. The van der Waals surface area contributed by atoms with Crippen LogP contribution in [0, 0.1) is 6.92 Å². The van der Waals surface area contributed by atoms with Gasteiger partial charge in [-0.25, -0.2) is 4.98 Å². The van der Waals surface area contributed by atoms with Crippen molar-refractivity contribution >= 4 is 34.3 Å². The summed E-state index contributed by atoms with van der Waals surface area (Å²) in [7, 11) is 1.98. The van der Waals surface area contributed by atoms with Crippen molar-refractivity contribution in [2.45, 2.75) is 45.6 Å². The van der Waals surface area contributed by atoms with Crippen LogP contribution in [0.25, 0.3) is 0 Å². The molecule has 2 nitrogen and oxygen atoms in total. The molecular weight excluding hydrogens is 308 g/mol. The maximum atomic E-state index is 6.38. The first kappa shape index (κ1) is 16.0. The van der Waals surface area contributed by atoms with E-state index in [1.54, 1.807) is 22.7 Å². The van der Waals surface area contributed by atoms with Crippen molar-refractivity contribution < 1.29 is 0 Å². The number of halogens is 1. The minimum atomic E-state index is 0.112. The van der Waals surface area contributed by atoms with Crippen LogP contribution in [-0.2, 0) is 11.8 Å². The number of aryl methyl sites for hydroxylation is 1. The Morgan fingerprint density at radius 2 is 2.00 bits per heavy atom. The van der Waals surface area contributed by atoms with E-state index in [2.05, 4.69) is 43.8 Å². The van der Waals surface area contributed by atoms with Gasteiger partial charge in [0.25, 0.3) is 0 Å². The van der Waals surface area contributed by atoms with Crippen molar-refractivity contribution in [3.8, 4) is 0 Å². The van der Waals surface area contributed by atoms with E-state index in [9.17, 15) is 0 Å². The smallest absolute Gasteiger partial charge is 0.0947 e. The third kappa shape index (κ3) is 3.42. The molecule has 20 heavy (non-hydrogen) atoms. The van der Waals surface area contributed by atoms with Gasteiger partial charge in [0, 0.05) is 28.1 Å². The quantitative estimate of drug-likeness (QED) is 0.857. The fourth-order valence-electron chi connectivity index (χ4n) is 1.93. The standard InChI is InChI=1S/C15H21ClN2S2/c1-9-7-20-14(13(9)16)10(17-5)6-12-18-11(8-19-12)15(2,3)4/h7-8,10,17H,6H2,1-5H3. The van der Waals surface area contributed by atoms with Crippen LogP contribution in [0.3, 0.4) is 0 Å². The van der Waals surface area contributed by atoms with Gasteiger partial charge in [0.2, 0.25) is 0 Å². The summed E-state index contributed by atoms with van der Waals surface area (Å²) in [5.41, 5.74) is 2.43. The molecule has 2 heterocycles. The maximum Gasteiger partial charge on any atom is 0.0947 e. The molecule has 0 bridgehead atoms. The number of aromatic nitrogens is 1. The third-order valence-electron chi connectivity index (χ3n) is 3.29. The van der Waals surface area contributed by atoms with E-state index in [4.69, 9.17) is 16.6 Å². The summed E-state index contributed by atoms with van der Waals surface area (Å²) in [6, 6.07) is 0.236. The van der Waals surface area contributed by atoms with Crippen molar-refractivity contribution in [1.29, 1.82) is 0 Å². The Hall–Kier alpha value is -0.420. The first-order chi connectivity index (χ1) is 9.32. The van der Waals surface area contributed by atoms with Crippen LogP contribution in [0.4, 0.5) is 0 Å². The minimum absolute atomic E-state index is 0.112. The molecule has 0 spiro atoms. The molecule has 5 heteroatoms. The summed E-state index contributed by atoms with van der Waals surface area (Å²) in [5.74, 6) is 0. The summed E-state index contributed by atoms with van der Waals surface area (Å²) < 4.78 is 0. The Kier molecular flexibility index (Phi) is 4.90. The van der Waals surface area contributed by atoms with Crippen molar-refractivity contribution in [2.24, 2.45) is 0 Å². The zero-order valence-corrected chi connectivity index (χ0v) is 15.0. The van der Waals surface area contributed by atoms with Gasteiger partial charge in [-0.3, -0.25) is 0 Å². The number of rotatable bonds is 4. The lowest BCUT2D eigenvalue weighted by Crippen LogP contribution is -2.18. The number of thiophene rings is 1. The fraction of sp³-hybridized carbons (Fsp3) is 0.533. The van der Waals surface area contributed by atoms with Crippen molar-refractivity contribution in [3.63, 3.8) is 0 Å². The third-order valence-corrected chi connectivity index (χ3v) is 5.99. The summed E-state index contributed by atoms with van der Waals surface area (Å²) in [6.07, 6.45) is 0.886. The maximum absolute atomic E-state index is 6.38. The average Bonchev–Trinajstić information content (AvgIpc) is 2.95. The van der Waals surface area contributed by atoms with Crippen LogP contribution >= 0.6 is 34.3 Å². The Labute approximate surface area is 134 Å². The highest BCUT2D eigenvalue weighted by molar-refractivity contribution is 7.11. The van der Waals surface area contributed by atoms with Gasteiger partial charge in [0.1, 0.15) is 0 Å². The molecule has 0 aliphatic heterocycles. The number of nitrogens with zero attached hydrogens (tertiary/aromatic N) is 1. The molecule has 1 atom stereocenters. The van der Waals surface area contributed by atoms with E-state index in [1.165, 1.54) is 10.6 Å². The molecule has 0 saturated heterocycles. The number of thiazole rings is 1. The number of nitrogens with one attached hydrogen (secondary N) is 1. The molecule has 0 saturated carbocycles. The van der Waals surface area contributed by atoms with Crippen LogP contribution in [0.15, 0.2) is 10.8 Å². The molecule has 2 aromatic heterocycles. The summed E-state index contributed by atoms with van der Waals surface area (Å²) in [4.78, 5) is 5.98. The van der Waals surface area contributed by atoms with E-state index in [0.717, 1.165) is 22.0 Å². The van der Waals surface area contributed by atoms with Crippen LogP contribution in [-0.4, -0.2) is 12.0 Å². The summed E-state index contributed by atoms with van der Waals surface area (Å²) in [6.45, 7) is 8.64. The van der Waals surface area contributed by atoms with Crippen LogP contribution in [0.5, 0.6) is 0 Å². The van der Waals surface area contributed by atoms with Gasteiger partial charge in [-0.15, -0.1) is 22.7 Å². The Morgan fingerprint density at radius 1 is 1.30 bits per heavy atom. The highest BCUT2D eigenvalue weighted by Crippen LogP contribution is 2.34. The minimum Gasteiger partial charge on any atom is -0.312 e. The van der Waals surface area contributed by atoms with E-state index >= 15 is 0 Å². The first-order valence-electron chi connectivity index (χ1n) is 6.68. The van der Waals surface area contributed by atoms with Crippen LogP contribution in [0.1, 0.15) is 48.0 Å². The second-order valence-electron chi connectivity index (χ2n) is 6.02. The molecule has 2 aromatic rings. The van der Waals surface area contributed by atoms with Gasteiger partial charge in [0.05, 0.1) is 15.7 Å². The van der Waals surface area contributed by atoms with Gasteiger partial charge >= 0.3 is 0 Å². The Morgan fingerprint density at radius 3 is 2.45 bits per heavy atom. The average molecular weight is 329 g/mol. The highest BCUT2D eigenvalue weighted by atomic mass is 35.5. The highest BCUT2D eigenvalue weighted by Gasteiger charge is 2.21.